The highest BCUT2D eigenvalue weighted by molar-refractivity contribution is 9.10. The van der Waals surface area contributed by atoms with E-state index in [1.807, 2.05) is 79.3 Å². The lowest BCUT2D eigenvalue weighted by Gasteiger charge is -2.32. The van der Waals surface area contributed by atoms with E-state index >= 15 is 0 Å². The maximum atomic E-state index is 13.1. The lowest BCUT2D eigenvalue weighted by atomic mass is 9.99. The number of aromatic amines is 1. The number of halogens is 1. The van der Waals surface area contributed by atoms with Crippen molar-refractivity contribution in [2.24, 2.45) is 0 Å². The Balaban J connectivity index is 1.16. The summed E-state index contributed by atoms with van der Waals surface area (Å²) in [4.78, 5) is 30.3. The van der Waals surface area contributed by atoms with Crippen molar-refractivity contribution in [3.63, 3.8) is 0 Å². The number of hydrogen-bond donors (Lipinski definition) is 2. The van der Waals surface area contributed by atoms with E-state index in [1.54, 1.807) is 6.20 Å². The molecular formula is C34H33BrN6O. The van der Waals surface area contributed by atoms with Gasteiger partial charge in [-0.1, -0.05) is 40.2 Å². The third kappa shape index (κ3) is 6.21. The highest BCUT2D eigenvalue weighted by atomic mass is 79.9. The van der Waals surface area contributed by atoms with E-state index in [2.05, 4.69) is 66.0 Å². The number of piperazine rings is 1. The van der Waals surface area contributed by atoms with Crippen molar-refractivity contribution >= 4 is 27.5 Å². The molecule has 1 fully saturated rings. The number of likely N-dealkylation sites (N-methyl/N-ethyl adjacent to an activating group) is 1. The zero-order chi connectivity index (χ0) is 29.1. The van der Waals surface area contributed by atoms with Crippen LogP contribution in [0.15, 0.2) is 96.0 Å². The van der Waals surface area contributed by atoms with E-state index in [9.17, 15) is 4.79 Å². The first kappa shape index (κ1) is 28.0. The van der Waals surface area contributed by atoms with Gasteiger partial charge in [-0.25, -0.2) is 0 Å². The molecule has 42 heavy (non-hydrogen) atoms. The number of nitrogens with one attached hydrogen (secondary N) is 2. The summed E-state index contributed by atoms with van der Waals surface area (Å²) in [6.45, 7) is 7.23. The monoisotopic (exact) mass is 620 g/mol. The summed E-state index contributed by atoms with van der Waals surface area (Å²) in [6.07, 6.45) is 7.48. The summed E-state index contributed by atoms with van der Waals surface area (Å²) in [7, 11) is 2.16. The number of hydrogen-bond acceptors (Lipinski definition) is 5. The molecule has 5 aromatic rings. The molecule has 0 unspecified atom stereocenters. The second kappa shape index (κ2) is 12.4. The van der Waals surface area contributed by atoms with Crippen molar-refractivity contribution in [3.8, 4) is 33.6 Å². The first-order chi connectivity index (χ1) is 20.4. The van der Waals surface area contributed by atoms with Crippen LogP contribution >= 0.6 is 15.9 Å². The second-order valence-corrected chi connectivity index (χ2v) is 11.7. The minimum atomic E-state index is -0.137. The van der Waals surface area contributed by atoms with Crippen molar-refractivity contribution in [1.29, 1.82) is 0 Å². The van der Waals surface area contributed by atoms with Gasteiger partial charge in [0, 0.05) is 84.4 Å². The lowest BCUT2D eigenvalue weighted by molar-refractivity contribution is 0.102. The number of aryl methyl sites for hydroxylation is 1. The fourth-order valence-electron chi connectivity index (χ4n) is 5.35. The maximum absolute atomic E-state index is 13.1. The summed E-state index contributed by atoms with van der Waals surface area (Å²) < 4.78 is 0.959. The number of nitrogens with zero attached hydrogens (tertiary/aromatic N) is 4. The van der Waals surface area contributed by atoms with Gasteiger partial charge in [0.1, 0.15) is 0 Å². The Morgan fingerprint density at radius 2 is 1.76 bits per heavy atom. The third-order valence-corrected chi connectivity index (χ3v) is 8.56. The van der Waals surface area contributed by atoms with E-state index < -0.39 is 0 Å². The van der Waals surface area contributed by atoms with Crippen LogP contribution in [0.2, 0.25) is 0 Å². The van der Waals surface area contributed by atoms with Gasteiger partial charge in [0.2, 0.25) is 0 Å². The van der Waals surface area contributed by atoms with Gasteiger partial charge in [-0.05, 0) is 78.7 Å². The maximum Gasteiger partial charge on any atom is 0.255 e. The van der Waals surface area contributed by atoms with E-state index in [-0.39, 0.29) is 5.91 Å². The van der Waals surface area contributed by atoms with Crippen LogP contribution in [0.1, 0.15) is 21.5 Å². The Morgan fingerprint density at radius 3 is 2.50 bits per heavy atom. The Morgan fingerprint density at radius 1 is 0.952 bits per heavy atom. The molecule has 3 aromatic heterocycles. The Bertz CT molecular complexity index is 1690. The highest BCUT2D eigenvalue weighted by Gasteiger charge is 2.17. The molecule has 0 radical (unpaired) electrons. The zero-order valence-corrected chi connectivity index (χ0v) is 25.4. The van der Waals surface area contributed by atoms with Crippen LogP contribution in [0.3, 0.4) is 0 Å². The first-order valence-electron chi connectivity index (χ1n) is 14.1. The molecule has 6 rings (SSSR count). The smallest absolute Gasteiger partial charge is 0.255 e. The predicted molar refractivity (Wildman–Crippen MR) is 172 cm³/mol. The van der Waals surface area contributed by atoms with E-state index in [0.717, 1.165) is 82.1 Å². The summed E-state index contributed by atoms with van der Waals surface area (Å²) in [5, 5.41) is 3.04. The number of benzene rings is 2. The highest BCUT2D eigenvalue weighted by Crippen LogP contribution is 2.35. The normalized spacial score (nSPS) is 14.2. The number of H-pyrrole nitrogens is 1. The van der Waals surface area contributed by atoms with E-state index in [0.29, 0.717) is 5.56 Å². The minimum Gasteiger partial charge on any atom is -0.360 e. The van der Waals surface area contributed by atoms with Gasteiger partial charge in [-0.15, -0.1) is 0 Å². The number of carbonyl (C=O) groups is 1. The molecule has 0 bridgehead atoms. The van der Waals surface area contributed by atoms with E-state index in [4.69, 9.17) is 0 Å². The lowest BCUT2D eigenvalue weighted by Crippen LogP contribution is -2.43. The van der Waals surface area contributed by atoms with Crippen LogP contribution in [0, 0.1) is 6.92 Å². The molecule has 1 aliphatic rings. The molecule has 0 spiro atoms. The number of pyridine rings is 2. The van der Waals surface area contributed by atoms with Gasteiger partial charge < -0.3 is 15.2 Å². The quantitative estimate of drug-likeness (QED) is 0.207. The standard InChI is InChI=1S/C34H33BrN6O/c1-23-20-38-33(32(23)31-19-25(11-13-37-31)27-4-3-12-36-21-27)24-7-9-29(10-8-24)39-34(42)26-5-6-28(30(35)18-26)22-41-16-14-40(2)15-17-41/h3-13,18-21,38H,14-17,22H2,1-2H3,(H,39,42). The molecule has 1 aliphatic heterocycles. The Kier molecular flexibility index (Phi) is 8.28. The molecule has 1 amide bonds. The number of rotatable bonds is 7. The molecule has 0 atom stereocenters. The molecule has 1 saturated heterocycles. The van der Waals surface area contributed by atoms with Crippen LogP contribution < -0.4 is 5.32 Å². The fourth-order valence-corrected chi connectivity index (χ4v) is 5.85. The topological polar surface area (TPSA) is 77.2 Å². The predicted octanol–water partition coefficient (Wildman–Crippen LogP) is 6.88. The molecule has 0 saturated carbocycles. The van der Waals surface area contributed by atoms with Gasteiger partial charge in [0.25, 0.3) is 5.91 Å². The zero-order valence-electron chi connectivity index (χ0n) is 23.8. The third-order valence-electron chi connectivity index (χ3n) is 7.82. The summed E-state index contributed by atoms with van der Waals surface area (Å²) in [5.74, 6) is -0.137. The summed E-state index contributed by atoms with van der Waals surface area (Å²) in [6, 6.07) is 21.8. The molecule has 2 aromatic carbocycles. The number of aromatic nitrogens is 3. The number of amides is 1. The van der Waals surface area contributed by atoms with Crippen LogP contribution in [0.25, 0.3) is 33.6 Å². The SMILES string of the molecule is Cc1c[nH]c(-c2ccc(NC(=O)c3ccc(CN4CCN(C)CC4)c(Br)c3)cc2)c1-c1cc(-c2cccnc2)ccn1. The van der Waals surface area contributed by atoms with E-state index in [1.165, 1.54) is 5.56 Å². The average molecular weight is 622 g/mol. The second-order valence-electron chi connectivity index (χ2n) is 10.8. The van der Waals surface area contributed by atoms with Crippen LogP contribution in [-0.4, -0.2) is 63.9 Å². The molecule has 4 heterocycles. The van der Waals surface area contributed by atoms with Crippen molar-refractivity contribution < 1.29 is 4.79 Å². The largest absolute Gasteiger partial charge is 0.360 e. The Labute approximate surface area is 254 Å². The van der Waals surface area contributed by atoms with Gasteiger partial charge in [0.15, 0.2) is 0 Å². The van der Waals surface area contributed by atoms with Crippen molar-refractivity contribution in [2.75, 3.05) is 38.5 Å². The molecule has 212 valence electrons. The van der Waals surface area contributed by atoms with Gasteiger partial charge in [0.05, 0.1) is 11.4 Å². The summed E-state index contributed by atoms with van der Waals surface area (Å²) in [5.41, 5.74) is 9.73. The molecule has 0 aliphatic carbocycles. The molecule has 7 nitrogen and oxygen atoms in total. The van der Waals surface area contributed by atoms with Crippen molar-refractivity contribution in [1.82, 2.24) is 24.8 Å². The molecular weight excluding hydrogens is 588 g/mol. The first-order valence-corrected chi connectivity index (χ1v) is 14.9. The van der Waals surface area contributed by atoms with Crippen LogP contribution in [0.4, 0.5) is 5.69 Å². The number of carbonyl (C=O) groups excluding carboxylic acids is 1. The molecule has 2 N–H and O–H groups in total. The van der Waals surface area contributed by atoms with Crippen molar-refractivity contribution in [2.45, 2.75) is 13.5 Å². The minimum absolute atomic E-state index is 0.137. The van der Waals surface area contributed by atoms with Gasteiger partial charge >= 0.3 is 0 Å². The van der Waals surface area contributed by atoms with Crippen molar-refractivity contribution in [3.05, 3.63) is 113 Å². The van der Waals surface area contributed by atoms with Crippen LogP contribution in [0.5, 0.6) is 0 Å². The van der Waals surface area contributed by atoms with Gasteiger partial charge in [-0.3, -0.25) is 19.7 Å². The molecule has 8 heteroatoms. The van der Waals surface area contributed by atoms with Gasteiger partial charge in [-0.2, -0.15) is 0 Å². The van der Waals surface area contributed by atoms with Crippen LogP contribution in [-0.2, 0) is 6.54 Å². The average Bonchev–Trinajstić information content (AvgIpc) is 3.41. The number of anilines is 1. The fraction of sp³-hybridized carbons (Fsp3) is 0.206. The summed E-state index contributed by atoms with van der Waals surface area (Å²) >= 11 is 3.69. The Hall–Kier alpha value is -4.11.